The number of benzene rings is 10. The first-order valence-electron chi connectivity index (χ1n) is 18.3. The van der Waals surface area contributed by atoms with E-state index in [-0.39, 0.29) is 0 Å². The first-order valence-corrected chi connectivity index (χ1v) is 18.3. The molecule has 0 bridgehead atoms. The molecule has 0 aliphatic heterocycles. The van der Waals surface area contributed by atoms with Crippen molar-refractivity contribution < 1.29 is 0 Å². The van der Waals surface area contributed by atoms with Gasteiger partial charge in [-0.15, -0.1) is 0 Å². The number of anilines is 3. The molecule has 0 aromatic heterocycles. The van der Waals surface area contributed by atoms with Crippen molar-refractivity contribution >= 4 is 60.2 Å². The van der Waals surface area contributed by atoms with Gasteiger partial charge in [0, 0.05) is 17.1 Å². The standard InChI is InChI=1S/C52H35N/c1-2-11-36(12-3-1)43-17-8-18-46(35-43)53(44-31-27-39(28-32-44)48-21-9-15-37-13-4-6-19-47(37)48)45-33-29-40(30-34-45)50-22-10-16-41-25-26-42-24-23-38-14-5-7-20-49(38)52(42)51(41)50/h1-35H. The fourth-order valence-corrected chi connectivity index (χ4v) is 8.07. The van der Waals surface area contributed by atoms with Gasteiger partial charge < -0.3 is 4.90 Å². The van der Waals surface area contributed by atoms with Gasteiger partial charge in [-0.1, -0.05) is 176 Å². The summed E-state index contributed by atoms with van der Waals surface area (Å²) in [5, 5.41) is 10.2. The molecule has 10 aromatic rings. The minimum absolute atomic E-state index is 1.10. The van der Waals surface area contributed by atoms with Crippen LogP contribution in [-0.2, 0) is 0 Å². The molecule has 10 aromatic carbocycles. The lowest BCUT2D eigenvalue weighted by Gasteiger charge is -2.26. The van der Waals surface area contributed by atoms with Gasteiger partial charge >= 0.3 is 0 Å². The van der Waals surface area contributed by atoms with Crippen LogP contribution in [-0.4, -0.2) is 0 Å². The van der Waals surface area contributed by atoms with Crippen LogP contribution in [0.15, 0.2) is 212 Å². The maximum atomic E-state index is 2.37. The number of hydrogen-bond donors (Lipinski definition) is 0. The molecule has 1 nitrogen and oxygen atoms in total. The molecule has 1 heteroatoms. The Kier molecular flexibility index (Phi) is 7.55. The molecular formula is C52H35N. The van der Waals surface area contributed by atoms with Crippen molar-refractivity contribution in [3.05, 3.63) is 212 Å². The Balaban J connectivity index is 1.10. The molecule has 0 spiro atoms. The van der Waals surface area contributed by atoms with E-state index < -0.39 is 0 Å². The van der Waals surface area contributed by atoms with E-state index >= 15 is 0 Å². The average molecular weight is 674 g/mol. The highest BCUT2D eigenvalue weighted by Gasteiger charge is 2.16. The third-order valence-electron chi connectivity index (χ3n) is 10.6. The van der Waals surface area contributed by atoms with Gasteiger partial charge in [-0.25, -0.2) is 0 Å². The predicted molar refractivity (Wildman–Crippen MR) is 227 cm³/mol. The second-order valence-electron chi connectivity index (χ2n) is 13.7. The van der Waals surface area contributed by atoms with Crippen LogP contribution >= 0.6 is 0 Å². The lowest BCUT2D eigenvalue weighted by molar-refractivity contribution is 1.28. The average Bonchev–Trinajstić information content (AvgIpc) is 3.24. The zero-order valence-electron chi connectivity index (χ0n) is 29.2. The number of rotatable bonds is 6. The zero-order valence-corrected chi connectivity index (χ0v) is 29.2. The summed E-state index contributed by atoms with van der Waals surface area (Å²) in [4.78, 5) is 2.37. The third kappa shape index (κ3) is 5.51. The van der Waals surface area contributed by atoms with Crippen molar-refractivity contribution in [2.24, 2.45) is 0 Å². The minimum atomic E-state index is 1.10. The lowest BCUT2D eigenvalue weighted by Crippen LogP contribution is -2.10. The van der Waals surface area contributed by atoms with Gasteiger partial charge in [0.05, 0.1) is 0 Å². The van der Waals surface area contributed by atoms with Crippen molar-refractivity contribution in [2.45, 2.75) is 0 Å². The Morgan fingerprint density at radius 1 is 0.245 bits per heavy atom. The second kappa shape index (κ2) is 13.0. The fraction of sp³-hybridized carbons (Fsp3) is 0. The predicted octanol–water partition coefficient (Wildman–Crippen LogP) is 14.8. The van der Waals surface area contributed by atoms with Crippen LogP contribution in [0.25, 0.3) is 76.5 Å². The summed E-state index contributed by atoms with van der Waals surface area (Å²) in [6.45, 7) is 0. The highest BCUT2D eigenvalue weighted by atomic mass is 15.1. The van der Waals surface area contributed by atoms with Crippen LogP contribution in [0.3, 0.4) is 0 Å². The summed E-state index contributed by atoms with van der Waals surface area (Å²) in [5.74, 6) is 0. The maximum absolute atomic E-state index is 2.37. The zero-order chi connectivity index (χ0) is 35.1. The molecule has 53 heavy (non-hydrogen) atoms. The molecular weight excluding hydrogens is 639 g/mol. The van der Waals surface area contributed by atoms with E-state index in [1.54, 1.807) is 0 Å². The molecule has 0 saturated carbocycles. The van der Waals surface area contributed by atoms with Crippen LogP contribution in [0.2, 0.25) is 0 Å². The van der Waals surface area contributed by atoms with Crippen LogP contribution < -0.4 is 4.90 Å². The first kappa shape index (κ1) is 30.8. The van der Waals surface area contributed by atoms with Gasteiger partial charge in [-0.3, -0.25) is 0 Å². The van der Waals surface area contributed by atoms with E-state index in [0.29, 0.717) is 0 Å². The molecule has 0 saturated heterocycles. The van der Waals surface area contributed by atoms with Gasteiger partial charge in [0.15, 0.2) is 0 Å². The van der Waals surface area contributed by atoms with Crippen LogP contribution in [0.1, 0.15) is 0 Å². The van der Waals surface area contributed by atoms with E-state index in [1.807, 2.05) is 0 Å². The monoisotopic (exact) mass is 673 g/mol. The molecule has 0 atom stereocenters. The van der Waals surface area contributed by atoms with Crippen molar-refractivity contribution in [3.8, 4) is 33.4 Å². The normalized spacial score (nSPS) is 11.4. The molecule has 0 aliphatic rings. The van der Waals surface area contributed by atoms with Crippen molar-refractivity contribution in [1.82, 2.24) is 0 Å². The highest BCUT2D eigenvalue weighted by Crippen LogP contribution is 2.41. The summed E-state index contributed by atoms with van der Waals surface area (Å²) >= 11 is 0. The van der Waals surface area contributed by atoms with Gasteiger partial charge in [0.25, 0.3) is 0 Å². The number of hydrogen-bond acceptors (Lipinski definition) is 1. The first-order chi connectivity index (χ1) is 26.3. The van der Waals surface area contributed by atoms with E-state index in [2.05, 4.69) is 217 Å². The largest absolute Gasteiger partial charge is 0.310 e. The highest BCUT2D eigenvalue weighted by molar-refractivity contribution is 6.24. The lowest BCUT2D eigenvalue weighted by atomic mass is 9.91. The smallest absolute Gasteiger partial charge is 0.0467 e. The Hall–Kier alpha value is -6.96. The Morgan fingerprint density at radius 3 is 1.45 bits per heavy atom. The Morgan fingerprint density at radius 2 is 0.736 bits per heavy atom. The summed E-state index contributed by atoms with van der Waals surface area (Å²) < 4.78 is 0. The second-order valence-corrected chi connectivity index (χ2v) is 13.7. The SMILES string of the molecule is c1ccc(-c2cccc(N(c3ccc(-c4cccc5ccccc45)cc3)c3ccc(-c4cccc5ccc6ccc7ccccc7c6c45)cc3)c2)cc1. The van der Waals surface area contributed by atoms with Gasteiger partial charge in [0.2, 0.25) is 0 Å². The van der Waals surface area contributed by atoms with Crippen molar-refractivity contribution in [1.29, 1.82) is 0 Å². The van der Waals surface area contributed by atoms with Gasteiger partial charge in [-0.05, 0) is 113 Å². The van der Waals surface area contributed by atoms with E-state index in [4.69, 9.17) is 0 Å². The van der Waals surface area contributed by atoms with Gasteiger partial charge in [0.1, 0.15) is 0 Å². The van der Waals surface area contributed by atoms with E-state index in [0.717, 1.165) is 17.1 Å². The maximum Gasteiger partial charge on any atom is 0.0467 e. The molecule has 0 amide bonds. The quantitative estimate of drug-likeness (QED) is 0.159. The van der Waals surface area contributed by atoms with E-state index in [9.17, 15) is 0 Å². The third-order valence-corrected chi connectivity index (χ3v) is 10.6. The Labute approximate surface area is 309 Å². The molecule has 0 N–H and O–H groups in total. The summed E-state index contributed by atoms with van der Waals surface area (Å²) in [6, 6.07) is 77.2. The topological polar surface area (TPSA) is 3.24 Å². The minimum Gasteiger partial charge on any atom is -0.310 e. The van der Waals surface area contributed by atoms with Crippen molar-refractivity contribution in [3.63, 3.8) is 0 Å². The van der Waals surface area contributed by atoms with Crippen LogP contribution in [0, 0.1) is 0 Å². The van der Waals surface area contributed by atoms with Crippen molar-refractivity contribution in [2.75, 3.05) is 4.90 Å². The summed E-state index contributed by atoms with van der Waals surface area (Å²) in [6.07, 6.45) is 0. The van der Waals surface area contributed by atoms with Crippen LogP contribution in [0.4, 0.5) is 17.1 Å². The summed E-state index contributed by atoms with van der Waals surface area (Å²) in [7, 11) is 0. The Bertz CT molecular complexity index is 2910. The van der Waals surface area contributed by atoms with Crippen LogP contribution in [0.5, 0.6) is 0 Å². The fourth-order valence-electron chi connectivity index (χ4n) is 8.07. The number of nitrogens with zero attached hydrogens (tertiary/aromatic N) is 1. The molecule has 0 fully saturated rings. The molecule has 10 rings (SSSR count). The summed E-state index contributed by atoms with van der Waals surface area (Å²) in [5.41, 5.74) is 10.6. The molecule has 0 unspecified atom stereocenters. The molecule has 0 aliphatic carbocycles. The molecule has 0 radical (unpaired) electrons. The number of fused-ring (bicyclic) bond motifs is 6. The van der Waals surface area contributed by atoms with Gasteiger partial charge in [-0.2, -0.15) is 0 Å². The molecule has 248 valence electrons. The molecule has 0 heterocycles. The van der Waals surface area contributed by atoms with E-state index in [1.165, 1.54) is 76.5 Å².